The van der Waals surface area contributed by atoms with E-state index in [0.717, 1.165) is 30.5 Å². The quantitative estimate of drug-likeness (QED) is 0.398. The number of benzene rings is 2. The number of amides is 3. The minimum Gasteiger partial charge on any atom is -0.444 e. The first-order chi connectivity index (χ1) is 20.5. The number of ether oxygens (including phenoxy) is 1. The maximum absolute atomic E-state index is 14.1. The van der Waals surface area contributed by atoms with Crippen LogP contribution in [0, 0.1) is 18.8 Å². The molecule has 0 bridgehead atoms. The molecule has 0 aromatic heterocycles. The summed E-state index contributed by atoms with van der Waals surface area (Å²) in [4.78, 5) is 46.4. The van der Waals surface area contributed by atoms with Gasteiger partial charge in [-0.3, -0.25) is 14.5 Å². The summed E-state index contributed by atoms with van der Waals surface area (Å²) in [5.41, 5.74) is 6.47. The van der Waals surface area contributed by atoms with Gasteiger partial charge in [-0.05, 0) is 81.2 Å². The Bertz CT molecular complexity index is 1320. The third-order valence-corrected chi connectivity index (χ3v) is 8.51. The highest BCUT2D eigenvalue weighted by atomic mass is 19.4. The van der Waals surface area contributed by atoms with E-state index in [1.165, 1.54) is 4.90 Å². The molecule has 2 aromatic carbocycles. The van der Waals surface area contributed by atoms with Gasteiger partial charge in [0.05, 0.1) is 18.0 Å². The topological polar surface area (TPSA) is 96.2 Å². The first-order valence-electron chi connectivity index (χ1n) is 15.0. The fraction of sp³-hybridized carbons (Fsp3) is 0.531. The molecule has 2 aliphatic heterocycles. The fourth-order valence-electron chi connectivity index (χ4n) is 6.22. The van der Waals surface area contributed by atoms with Crippen LogP contribution in [0.3, 0.4) is 0 Å². The van der Waals surface area contributed by atoms with Crippen molar-refractivity contribution >= 4 is 17.9 Å². The van der Waals surface area contributed by atoms with E-state index in [1.807, 2.05) is 30.3 Å². The Labute approximate surface area is 249 Å². The first kappa shape index (κ1) is 30.8. The number of alkyl halides is 3. The maximum Gasteiger partial charge on any atom is 0.416 e. The van der Waals surface area contributed by atoms with Crippen molar-refractivity contribution in [3.8, 4) is 0 Å². The van der Waals surface area contributed by atoms with Gasteiger partial charge in [-0.25, -0.2) is 4.79 Å². The van der Waals surface area contributed by atoms with Gasteiger partial charge in [-0.2, -0.15) is 13.2 Å². The molecule has 232 valence electrons. The molecule has 3 amide bonds. The van der Waals surface area contributed by atoms with Crippen molar-refractivity contribution < 1.29 is 32.3 Å². The highest BCUT2D eigenvalue weighted by molar-refractivity contribution is 5.91. The molecule has 3 fully saturated rings. The van der Waals surface area contributed by atoms with Crippen LogP contribution in [0.15, 0.2) is 48.5 Å². The van der Waals surface area contributed by atoms with Crippen molar-refractivity contribution in [2.75, 3.05) is 26.2 Å². The molecule has 3 atom stereocenters. The second-order valence-corrected chi connectivity index (χ2v) is 12.0. The molecule has 2 saturated heterocycles. The molecule has 2 N–H and O–H groups in total. The van der Waals surface area contributed by atoms with Crippen molar-refractivity contribution in [1.29, 1.82) is 0 Å². The van der Waals surface area contributed by atoms with Gasteiger partial charge in [0.1, 0.15) is 18.8 Å². The van der Waals surface area contributed by atoms with Crippen LogP contribution in [0.4, 0.5) is 18.0 Å². The van der Waals surface area contributed by atoms with E-state index in [9.17, 15) is 27.6 Å². The van der Waals surface area contributed by atoms with Gasteiger partial charge < -0.3 is 20.3 Å². The Morgan fingerprint density at radius 1 is 1.00 bits per heavy atom. The van der Waals surface area contributed by atoms with Crippen LogP contribution in [0.2, 0.25) is 0 Å². The number of hydrogen-bond donors (Lipinski definition) is 1. The van der Waals surface area contributed by atoms with Crippen LogP contribution in [-0.4, -0.2) is 71.0 Å². The summed E-state index contributed by atoms with van der Waals surface area (Å²) in [5, 5.41) is 0. The number of unbranched alkanes of at least 4 members (excludes halogenated alkanes) is 1. The predicted octanol–water partition coefficient (Wildman–Crippen LogP) is 4.73. The van der Waals surface area contributed by atoms with Gasteiger partial charge >= 0.3 is 12.3 Å². The second-order valence-electron chi connectivity index (χ2n) is 12.0. The first-order valence-corrected chi connectivity index (χ1v) is 15.0. The number of fused-ring (bicyclic) bond motifs is 1. The molecule has 11 heteroatoms. The molecule has 0 spiro atoms. The third-order valence-electron chi connectivity index (χ3n) is 8.51. The zero-order valence-corrected chi connectivity index (χ0v) is 24.4. The van der Waals surface area contributed by atoms with Crippen LogP contribution in [0.5, 0.6) is 0 Å². The molecule has 0 radical (unpaired) electrons. The van der Waals surface area contributed by atoms with Gasteiger partial charge in [0.15, 0.2) is 0 Å². The Morgan fingerprint density at radius 2 is 1.74 bits per heavy atom. The highest BCUT2D eigenvalue weighted by Crippen LogP contribution is 2.36. The molecule has 43 heavy (non-hydrogen) atoms. The molecular weight excluding hydrogens is 561 g/mol. The fourth-order valence-corrected chi connectivity index (χ4v) is 6.22. The van der Waals surface area contributed by atoms with Crippen LogP contribution >= 0.6 is 0 Å². The van der Waals surface area contributed by atoms with E-state index in [-0.39, 0.29) is 37.1 Å². The Morgan fingerprint density at radius 3 is 2.42 bits per heavy atom. The van der Waals surface area contributed by atoms with Crippen molar-refractivity contribution in [3.63, 3.8) is 0 Å². The Balaban J connectivity index is 1.42. The minimum absolute atomic E-state index is 0.0797. The van der Waals surface area contributed by atoms with E-state index in [1.54, 1.807) is 22.8 Å². The van der Waals surface area contributed by atoms with Crippen molar-refractivity contribution in [1.82, 2.24) is 14.7 Å². The molecule has 8 nitrogen and oxygen atoms in total. The second kappa shape index (κ2) is 13.0. The van der Waals surface area contributed by atoms with Gasteiger partial charge in [0.2, 0.25) is 11.8 Å². The van der Waals surface area contributed by atoms with Crippen molar-refractivity contribution in [2.45, 2.75) is 70.4 Å². The zero-order valence-electron chi connectivity index (χ0n) is 24.4. The summed E-state index contributed by atoms with van der Waals surface area (Å²) in [6, 6.07) is 12.3. The number of nitrogens with two attached hydrogens (primary N) is 1. The lowest BCUT2D eigenvalue weighted by molar-refractivity contribution is -0.173. The number of rotatable bonds is 10. The maximum atomic E-state index is 14.1. The Kier molecular flexibility index (Phi) is 9.29. The lowest BCUT2D eigenvalue weighted by atomic mass is 9.90. The monoisotopic (exact) mass is 600 g/mol. The van der Waals surface area contributed by atoms with Crippen LogP contribution < -0.4 is 5.73 Å². The standard InChI is InChI=1S/C32H39F3N4O4/c1-21-13-24(16-26(14-21)32(33,34)35)20-43-31(42)38-18-25(15-22-7-3-2-4-8-22)29(40)39-27(9-5-6-12-36)30(41)37(19-28(38)39)17-23-10-11-23/h2-4,7-8,13-14,16,23,25,27-28H,5-6,9-12,15,17-20,36H2,1H3/t25-,27+,28-/m1/s1. The largest absolute Gasteiger partial charge is 0.444 e. The number of carbonyl (C=O) groups is 3. The van der Waals surface area contributed by atoms with Gasteiger partial charge in [0.25, 0.3) is 0 Å². The van der Waals surface area contributed by atoms with Crippen LogP contribution in [0.1, 0.15) is 54.4 Å². The minimum atomic E-state index is -4.53. The number of piperazine rings is 1. The van der Waals surface area contributed by atoms with E-state index in [2.05, 4.69) is 0 Å². The van der Waals surface area contributed by atoms with E-state index < -0.39 is 36.0 Å². The molecule has 5 rings (SSSR count). The number of nitrogens with zero attached hydrogens (tertiary/aromatic N) is 3. The highest BCUT2D eigenvalue weighted by Gasteiger charge is 2.52. The lowest BCUT2D eigenvalue weighted by Gasteiger charge is -2.53. The van der Waals surface area contributed by atoms with E-state index in [0.29, 0.717) is 50.3 Å². The number of carbonyl (C=O) groups excluding carboxylic acids is 3. The van der Waals surface area contributed by atoms with E-state index >= 15 is 0 Å². The zero-order chi connectivity index (χ0) is 30.7. The smallest absolute Gasteiger partial charge is 0.416 e. The van der Waals surface area contributed by atoms with Crippen LogP contribution in [0.25, 0.3) is 0 Å². The lowest BCUT2D eigenvalue weighted by Crippen LogP contribution is -2.73. The van der Waals surface area contributed by atoms with Crippen LogP contribution in [-0.2, 0) is 33.5 Å². The van der Waals surface area contributed by atoms with E-state index in [4.69, 9.17) is 10.5 Å². The average Bonchev–Trinajstić information content (AvgIpc) is 3.79. The SMILES string of the molecule is Cc1cc(COC(=O)N2C[C@@H](Cc3ccccc3)C(=O)N3[C@@H]2CN(CC2CC2)C(=O)[C@@H]3CCCCN)cc(C(F)(F)F)c1. The van der Waals surface area contributed by atoms with Gasteiger partial charge in [0, 0.05) is 13.1 Å². The molecule has 3 aliphatic rings. The molecule has 0 unspecified atom stereocenters. The molecule has 2 aromatic rings. The number of aryl methyl sites for hydroxylation is 1. The van der Waals surface area contributed by atoms with Gasteiger partial charge in [-0.1, -0.05) is 42.0 Å². The molecular formula is C32H39F3N4O4. The normalized spacial score (nSPS) is 22.5. The molecule has 1 aliphatic carbocycles. The summed E-state index contributed by atoms with van der Waals surface area (Å²) in [6.45, 7) is 2.50. The third kappa shape index (κ3) is 7.31. The summed E-state index contributed by atoms with van der Waals surface area (Å²) in [5.74, 6) is -0.484. The molecule has 1 saturated carbocycles. The van der Waals surface area contributed by atoms with Crippen molar-refractivity contribution in [3.05, 3.63) is 70.8 Å². The summed E-state index contributed by atoms with van der Waals surface area (Å²) in [6.07, 6.45) is -1.74. The predicted molar refractivity (Wildman–Crippen MR) is 153 cm³/mol. The number of hydrogen-bond acceptors (Lipinski definition) is 5. The van der Waals surface area contributed by atoms with Crippen molar-refractivity contribution in [2.24, 2.45) is 17.6 Å². The van der Waals surface area contributed by atoms with Gasteiger partial charge in [-0.15, -0.1) is 0 Å². The molecule has 2 heterocycles. The average molecular weight is 601 g/mol. The summed E-state index contributed by atoms with van der Waals surface area (Å²) < 4.78 is 45.8. The number of halogens is 3. The summed E-state index contributed by atoms with van der Waals surface area (Å²) in [7, 11) is 0. The summed E-state index contributed by atoms with van der Waals surface area (Å²) >= 11 is 0. The Hall–Kier alpha value is -3.60.